The van der Waals surface area contributed by atoms with Crippen LogP contribution in [0.5, 0.6) is 0 Å². The van der Waals surface area contributed by atoms with Gasteiger partial charge in [-0.25, -0.2) is 0 Å². The first kappa shape index (κ1) is 20.0. The molecule has 0 bridgehead atoms. The van der Waals surface area contributed by atoms with E-state index in [4.69, 9.17) is 0 Å². The molecule has 1 aliphatic rings. The smallest absolute Gasteiger partial charge is 0.312 e. The maximum absolute atomic E-state index is 12.2. The Kier molecular flexibility index (Phi) is 6.41. The van der Waals surface area contributed by atoms with Crippen LogP contribution < -0.4 is 5.32 Å². The van der Waals surface area contributed by atoms with Crippen molar-refractivity contribution < 1.29 is 9.72 Å². The fraction of sp³-hybridized carbons (Fsp3) is 0.500. The zero-order chi connectivity index (χ0) is 20.1. The topological polar surface area (TPSA) is 93.3 Å². The van der Waals surface area contributed by atoms with E-state index < -0.39 is 4.92 Å². The van der Waals surface area contributed by atoms with Gasteiger partial charge in [0.05, 0.1) is 11.5 Å². The van der Waals surface area contributed by atoms with Crippen LogP contribution in [0.15, 0.2) is 24.3 Å². The Hall–Kier alpha value is -2.74. The maximum Gasteiger partial charge on any atom is 0.312 e. The molecule has 0 aliphatic carbocycles. The van der Waals surface area contributed by atoms with Crippen LogP contribution >= 0.6 is 0 Å². The number of aryl methyl sites for hydroxylation is 2. The van der Waals surface area contributed by atoms with Crippen LogP contribution in [0.4, 0.5) is 11.4 Å². The van der Waals surface area contributed by atoms with Gasteiger partial charge in [-0.15, -0.1) is 0 Å². The molecule has 0 radical (unpaired) electrons. The van der Waals surface area contributed by atoms with Crippen LogP contribution in [0.25, 0.3) is 0 Å². The average molecular weight is 385 g/mol. The van der Waals surface area contributed by atoms with E-state index in [0.717, 1.165) is 25.3 Å². The van der Waals surface area contributed by atoms with Gasteiger partial charge in [0.25, 0.3) is 0 Å². The van der Waals surface area contributed by atoms with E-state index in [2.05, 4.69) is 27.4 Å². The van der Waals surface area contributed by atoms with Crippen molar-refractivity contribution >= 4 is 17.3 Å². The minimum absolute atomic E-state index is 0.0182. The normalized spacial score (nSPS) is 14.8. The van der Waals surface area contributed by atoms with Gasteiger partial charge >= 0.3 is 5.69 Å². The van der Waals surface area contributed by atoms with E-state index in [-0.39, 0.29) is 18.0 Å². The number of nitrogens with one attached hydrogen (secondary N) is 1. The van der Waals surface area contributed by atoms with Crippen molar-refractivity contribution in [3.8, 4) is 0 Å². The van der Waals surface area contributed by atoms with Crippen LogP contribution in [0.1, 0.15) is 42.6 Å². The predicted molar refractivity (Wildman–Crippen MR) is 107 cm³/mol. The van der Waals surface area contributed by atoms with E-state index in [1.54, 1.807) is 13.8 Å². The fourth-order valence-electron chi connectivity index (χ4n) is 3.67. The van der Waals surface area contributed by atoms with Gasteiger partial charge < -0.3 is 5.32 Å². The van der Waals surface area contributed by atoms with E-state index in [9.17, 15) is 14.9 Å². The zero-order valence-electron chi connectivity index (χ0n) is 16.5. The van der Waals surface area contributed by atoms with Crippen LogP contribution in [-0.2, 0) is 17.9 Å². The van der Waals surface area contributed by atoms with Gasteiger partial charge in [0.2, 0.25) is 5.91 Å². The Balaban J connectivity index is 1.51. The summed E-state index contributed by atoms with van der Waals surface area (Å²) < 4.78 is 1.52. The van der Waals surface area contributed by atoms with Crippen LogP contribution in [0.3, 0.4) is 0 Å². The van der Waals surface area contributed by atoms with Crippen molar-refractivity contribution in [3.63, 3.8) is 0 Å². The van der Waals surface area contributed by atoms with Gasteiger partial charge in [0.15, 0.2) is 0 Å². The van der Waals surface area contributed by atoms with Gasteiger partial charge in [0.1, 0.15) is 11.4 Å². The van der Waals surface area contributed by atoms with Crippen molar-refractivity contribution in [1.29, 1.82) is 0 Å². The molecule has 3 rings (SSSR count). The van der Waals surface area contributed by atoms with Crippen LogP contribution in [0, 0.1) is 24.0 Å². The number of amides is 1. The number of aromatic nitrogens is 2. The van der Waals surface area contributed by atoms with Gasteiger partial charge in [-0.2, -0.15) is 5.10 Å². The average Bonchev–Trinajstić information content (AvgIpc) is 2.96. The minimum Gasteiger partial charge on any atom is -0.326 e. The van der Waals surface area contributed by atoms with Crippen molar-refractivity contribution in [3.05, 3.63) is 51.3 Å². The number of hydrogen-bond donors (Lipinski definition) is 1. The van der Waals surface area contributed by atoms with E-state index in [0.29, 0.717) is 17.9 Å². The van der Waals surface area contributed by atoms with Gasteiger partial charge in [0, 0.05) is 18.7 Å². The summed E-state index contributed by atoms with van der Waals surface area (Å²) in [5, 5.41) is 18.1. The van der Waals surface area contributed by atoms with Crippen LogP contribution in [-0.4, -0.2) is 38.6 Å². The molecule has 1 N–H and O–H groups in total. The first-order valence-electron chi connectivity index (χ1n) is 9.73. The molecule has 8 nitrogen and oxygen atoms in total. The Bertz CT molecular complexity index is 838. The second kappa shape index (κ2) is 8.97. The first-order chi connectivity index (χ1) is 13.4. The molecule has 2 aromatic rings. The molecule has 2 heterocycles. The highest BCUT2D eigenvalue weighted by Gasteiger charge is 2.21. The Morgan fingerprint density at radius 2 is 1.86 bits per heavy atom. The molecule has 0 spiro atoms. The molecule has 150 valence electrons. The maximum atomic E-state index is 12.2. The monoisotopic (exact) mass is 385 g/mol. The molecule has 1 aliphatic heterocycles. The molecule has 1 amide bonds. The zero-order valence-corrected chi connectivity index (χ0v) is 16.5. The van der Waals surface area contributed by atoms with E-state index in [1.807, 2.05) is 12.1 Å². The largest absolute Gasteiger partial charge is 0.326 e. The summed E-state index contributed by atoms with van der Waals surface area (Å²) in [6.07, 6.45) is 4.07. The van der Waals surface area contributed by atoms with Crippen LogP contribution in [0.2, 0.25) is 0 Å². The van der Waals surface area contributed by atoms with E-state index >= 15 is 0 Å². The standard InChI is InChI=1S/C20H27N5O3/c1-15-20(25(27)28)16(2)24(22-15)13-10-19(26)21-18-8-6-17(7-9-18)14-23-11-4-3-5-12-23/h6-9H,3-5,10-14H2,1-2H3,(H,21,26). The Morgan fingerprint density at radius 1 is 1.18 bits per heavy atom. The number of rotatable bonds is 7. The summed E-state index contributed by atoms with van der Waals surface area (Å²) in [5.41, 5.74) is 2.86. The summed E-state index contributed by atoms with van der Waals surface area (Å²) in [7, 11) is 0. The second-order valence-electron chi connectivity index (χ2n) is 7.33. The number of benzene rings is 1. The Labute approximate surface area is 164 Å². The lowest BCUT2D eigenvalue weighted by Gasteiger charge is -2.26. The highest BCUT2D eigenvalue weighted by atomic mass is 16.6. The lowest BCUT2D eigenvalue weighted by molar-refractivity contribution is -0.386. The van der Waals surface area contributed by atoms with Gasteiger partial charge in [-0.3, -0.25) is 24.5 Å². The van der Waals surface area contributed by atoms with Crippen molar-refractivity contribution in [2.75, 3.05) is 18.4 Å². The number of nitrogens with zero attached hydrogens (tertiary/aromatic N) is 4. The Morgan fingerprint density at radius 3 is 2.46 bits per heavy atom. The molecule has 0 unspecified atom stereocenters. The summed E-state index contributed by atoms with van der Waals surface area (Å²) in [4.78, 5) is 25.3. The number of likely N-dealkylation sites (tertiary alicyclic amines) is 1. The van der Waals surface area contributed by atoms with Gasteiger partial charge in [-0.05, 0) is 57.5 Å². The predicted octanol–water partition coefficient (Wildman–Crippen LogP) is 3.42. The SMILES string of the molecule is Cc1nn(CCC(=O)Nc2ccc(CN3CCCCC3)cc2)c(C)c1[N+](=O)[O-]. The molecule has 1 saturated heterocycles. The molecular formula is C20H27N5O3. The quantitative estimate of drug-likeness (QED) is 0.582. The molecule has 8 heteroatoms. The summed E-state index contributed by atoms with van der Waals surface area (Å²) >= 11 is 0. The molecular weight excluding hydrogens is 358 g/mol. The summed E-state index contributed by atoms with van der Waals surface area (Å²) in [6, 6.07) is 7.94. The molecule has 0 atom stereocenters. The fourth-order valence-corrected chi connectivity index (χ4v) is 3.67. The lowest BCUT2D eigenvalue weighted by atomic mass is 10.1. The van der Waals surface area contributed by atoms with Crippen molar-refractivity contribution in [2.24, 2.45) is 0 Å². The third kappa shape index (κ3) is 4.95. The number of anilines is 1. The molecule has 0 saturated carbocycles. The van der Waals surface area contributed by atoms with E-state index in [1.165, 1.54) is 29.5 Å². The third-order valence-electron chi connectivity index (χ3n) is 5.17. The minimum atomic E-state index is -0.431. The van der Waals surface area contributed by atoms with Gasteiger partial charge in [-0.1, -0.05) is 18.6 Å². The lowest BCUT2D eigenvalue weighted by Crippen LogP contribution is -2.29. The summed E-state index contributed by atoms with van der Waals surface area (Å²) in [5.74, 6) is -0.140. The number of nitro groups is 1. The molecule has 28 heavy (non-hydrogen) atoms. The number of piperidine rings is 1. The molecule has 1 fully saturated rings. The second-order valence-corrected chi connectivity index (χ2v) is 7.33. The van der Waals surface area contributed by atoms with Crippen molar-refractivity contribution in [2.45, 2.75) is 52.6 Å². The molecule has 1 aromatic heterocycles. The molecule has 1 aromatic carbocycles. The number of hydrogen-bond acceptors (Lipinski definition) is 5. The third-order valence-corrected chi connectivity index (χ3v) is 5.17. The number of carbonyl (C=O) groups excluding carboxylic acids is 1. The number of carbonyl (C=O) groups is 1. The highest BCUT2D eigenvalue weighted by Crippen LogP contribution is 2.22. The first-order valence-corrected chi connectivity index (χ1v) is 9.73. The highest BCUT2D eigenvalue weighted by molar-refractivity contribution is 5.90. The summed E-state index contributed by atoms with van der Waals surface area (Å²) in [6.45, 7) is 6.82. The van der Waals surface area contributed by atoms with Crippen molar-refractivity contribution in [1.82, 2.24) is 14.7 Å².